The number of aliphatic hydroxyl groups excluding tert-OH is 1. The van der Waals surface area contributed by atoms with Gasteiger partial charge in [-0.3, -0.25) is 4.68 Å². The van der Waals surface area contributed by atoms with Crippen LogP contribution in [0.2, 0.25) is 0 Å². The third-order valence-corrected chi connectivity index (χ3v) is 4.85. The summed E-state index contributed by atoms with van der Waals surface area (Å²) in [5.41, 5.74) is 4.88. The molecule has 0 amide bonds. The van der Waals surface area contributed by atoms with Crippen LogP contribution in [0.5, 0.6) is 0 Å². The van der Waals surface area contributed by atoms with Gasteiger partial charge in [-0.2, -0.15) is 5.10 Å². The van der Waals surface area contributed by atoms with Gasteiger partial charge in [0.2, 0.25) is 5.65 Å². The number of rotatable bonds is 5. The second kappa shape index (κ2) is 6.54. The highest BCUT2D eigenvalue weighted by Crippen LogP contribution is 2.23. The van der Waals surface area contributed by atoms with Gasteiger partial charge in [-0.1, -0.05) is 5.21 Å². The van der Waals surface area contributed by atoms with E-state index in [1.165, 1.54) is 0 Å². The molecule has 28 heavy (non-hydrogen) atoms. The molecule has 5 aromatic heterocycles. The molecule has 140 valence electrons. The van der Waals surface area contributed by atoms with Crippen LogP contribution in [0.3, 0.4) is 0 Å². The van der Waals surface area contributed by atoms with Crippen LogP contribution in [-0.4, -0.2) is 50.9 Å². The van der Waals surface area contributed by atoms with Crippen LogP contribution in [0, 0.1) is 0 Å². The molecule has 9 nitrogen and oxygen atoms in total. The summed E-state index contributed by atoms with van der Waals surface area (Å²) in [5, 5.41) is 21.7. The first kappa shape index (κ1) is 16.6. The highest BCUT2D eigenvalue weighted by atomic mass is 16.3. The minimum atomic E-state index is -0.0495. The van der Waals surface area contributed by atoms with Crippen molar-refractivity contribution in [3.8, 4) is 11.3 Å². The molecule has 1 atom stereocenters. The Balaban J connectivity index is 1.55. The van der Waals surface area contributed by atoms with E-state index in [4.69, 9.17) is 10.1 Å². The third kappa shape index (κ3) is 2.72. The Morgan fingerprint density at radius 1 is 1.18 bits per heavy atom. The number of aliphatic hydroxyl groups is 1. The van der Waals surface area contributed by atoms with Crippen molar-refractivity contribution in [2.75, 3.05) is 6.61 Å². The summed E-state index contributed by atoms with van der Waals surface area (Å²) >= 11 is 0. The molecule has 0 aliphatic heterocycles. The van der Waals surface area contributed by atoms with Gasteiger partial charge < -0.3 is 9.51 Å². The van der Waals surface area contributed by atoms with Gasteiger partial charge in [-0.05, 0) is 36.8 Å². The van der Waals surface area contributed by atoms with Crippen molar-refractivity contribution in [1.29, 1.82) is 0 Å². The van der Waals surface area contributed by atoms with E-state index in [1.807, 2.05) is 24.7 Å². The highest BCUT2D eigenvalue weighted by molar-refractivity contribution is 5.69. The normalized spacial score (nSPS) is 12.8. The predicted octanol–water partition coefficient (Wildman–Crippen LogP) is 1.94. The van der Waals surface area contributed by atoms with Crippen molar-refractivity contribution in [3.63, 3.8) is 0 Å². The Morgan fingerprint density at radius 2 is 2.11 bits per heavy atom. The minimum absolute atomic E-state index is 0.0338. The standard InChI is InChI=1S/C19H18N8O/c1-13(14-4-6-25-5-2-3-16(25)9-14)27-19-18(23-24-27)20-11-17(22-19)15-10-21-26(12-15)7-8-28/h2-6,9-13,28H,7-8H2,1H3/t13-/m1/s1. The lowest BCUT2D eigenvalue weighted by molar-refractivity contribution is 0.269. The number of hydrogen-bond acceptors (Lipinski definition) is 6. The van der Waals surface area contributed by atoms with E-state index >= 15 is 0 Å². The summed E-state index contributed by atoms with van der Waals surface area (Å²) in [7, 11) is 0. The largest absolute Gasteiger partial charge is 0.394 e. The van der Waals surface area contributed by atoms with E-state index in [0.29, 0.717) is 23.5 Å². The zero-order valence-electron chi connectivity index (χ0n) is 15.2. The van der Waals surface area contributed by atoms with Crippen LogP contribution in [0.1, 0.15) is 18.5 Å². The van der Waals surface area contributed by atoms with Gasteiger partial charge in [0.05, 0.1) is 37.3 Å². The lowest BCUT2D eigenvalue weighted by Gasteiger charge is -2.13. The predicted molar refractivity (Wildman–Crippen MR) is 103 cm³/mol. The smallest absolute Gasteiger partial charge is 0.221 e. The zero-order valence-corrected chi connectivity index (χ0v) is 15.2. The molecule has 0 saturated heterocycles. The Morgan fingerprint density at radius 3 is 3.00 bits per heavy atom. The first-order valence-corrected chi connectivity index (χ1v) is 9.01. The van der Waals surface area contributed by atoms with E-state index in [-0.39, 0.29) is 12.6 Å². The molecule has 0 bridgehead atoms. The lowest BCUT2D eigenvalue weighted by Crippen LogP contribution is -2.10. The van der Waals surface area contributed by atoms with Crippen molar-refractivity contribution < 1.29 is 5.11 Å². The third-order valence-electron chi connectivity index (χ3n) is 4.85. The second-order valence-electron chi connectivity index (χ2n) is 6.63. The molecule has 5 rings (SSSR count). The average Bonchev–Trinajstić information content (AvgIpc) is 3.45. The molecule has 0 spiro atoms. The van der Waals surface area contributed by atoms with Crippen LogP contribution < -0.4 is 0 Å². The number of aromatic nitrogens is 8. The molecule has 0 aliphatic carbocycles. The van der Waals surface area contributed by atoms with Crippen molar-refractivity contribution in [3.05, 3.63) is 60.8 Å². The monoisotopic (exact) mass is 374 g/mol. The number of pyridine rings is 1. The fourth-order valence-electron chi connectivity index (χ4n) is 3.30. The van der Waals surface area contributed by atoms with Gasteiger partial charge in [-0.15, -0.1) is 5.10 Å². The van der Waals surface area contributed by atoms with Gasteiger partial charge in [0, 0.05) is 29.7 Å². The number of nitrogens with zero attached hydrogens (tertiary/aromatic N) is 8. The van der Waals surface area contributed by atoms with Crippen LogP contribution in [0.15, 0.2) is 55.2 Å². The fourth-order valence-corrected chi connectivity index (χ4v) is 3.30. The number of hydrogen-bond donors (Lipinski definition) is 1. The first-order valence-electron chi connectivity index (χ1n) is 9.01. The van der Waals surface area contributed by atoms with E-state index in [1.54, 1.807) is 21.8 Å². The van der Waals surface area contributed by atoms with Crippen LogP contribution in [-0.2, 0) is 6.54 Å². The minimum Gasteiger partial charge on any atom is -0.394 e. The van der Waals surface area contributed by atoms with Crippen LogP contribution in [0.25, 0.3) is 28.1 Å². The van der Waals surface area contributed by atoms with Gasteiger partial charge in [0.1, 0.15) is 0 Å². The van der Waals surface area contributed by atoms with Crippen LogP contribution in [0.4, 0.5) is 0 Å². The molecule has 0 fully saturated rings. The molecule has 0 aromatic carbocycles. The summed E-state index contributed by atoms with van der Waals surface area (Å²) in [5.74, 6) is 0. The lowest BCUT2D eigenvalue weighted by atomic mass is 10.1. The number of fused-ring (bicyclic) bond motifs is 2. The fraction of sp³-hybridized carbons (Fsp3) is 0.211. The van der Waals surface area contributed by atoms with E-state index in [2.05, 4.69) is 49.9 Å². The quantitative estimate of drug-likeness (QED) is 0.505. The van der Waals surface area contributed by atoms with Crippen molar-refractivity contribution in [1.82, 2.24) is 39.1 Å². The molecule has 5 aromatic rings. The van der Waals surface area contributed by atoms with Gasteiger partial charge in [-0.25, -0.2) is 14.6 Å². The summed E-state index contributed by atoms with van der Waals surface area (Å²) < 4.78 is 5.53. The Bertz CT molecular complexity index is 1270. The van der Waals surface area contributed by atoms with Crippen LogP contribution >= 0.6 is 0 Å². The van der Waals surface area contributed by atoms with Crippen molar-refractivity contribution in [2.45, 2.75) is 19.5 Å². The summed E-state index contributed by atoms with van der Waals surface area (Å²) in [4.78, 5) is 9.14. The average molecular weight is 374 g/mol. The maximum absolute atomic E-state index is 9.06. The second-order valence-corrected chi connectivity index (χ2v) is 6.63. The molecule has 0 unspecified atom stereocenters. The van der Waals surface area contributed by atoms with Gasteiger partial charge in [0.25, 0.3) is 0 Å². The maximum Gasteiger partial charge on any atom is 0.221 e. The highest BCUT2D eigenvalue weighted by Gasteiger charge is 2.17. The van der Waals surface area contributed by atoms with Crippen molar-refractivity contribution in [2.24, 2.45) is 0 Å². The Kier molecular flexibility index (Phi) is 3.87. The SMILES string of the molecule is C[C@H](c1ccn2cccc2c1)n1nnc2ncc(-c3cnn(CCO)c3)nc21. The molecule has 9 heteroatoms. The van der Waals surface area contributed by atoms with E-state index in [9.17, 15) is 0 Å². The van der Waals surface area contributed by atoms with E-state index < -0.39 is 0 Å². The summed E-state index contributed by atoms with van der Waals surface area (Å²) in [6, 6.07) is 8.24. The summed E-state index contributed by atoms with van der Waals surface area (Å²) in [6.45, 7) is 2.54. The molecule has 1 N–H and O–H groups in total. The Hall–Kier alpha value is -3.59. The molecule has 0 saturated carbocycles. The Labute approximate surface area is 159 Å². The molecular formula is C19H18N8O. The van der Waals surface area contributed by atoms with Gasteiger partial charge >= 0.3 is 0 Å². The molecule has 0 aliphatic rings. The molecule has 0 radical (unpaired) electrons. The summed E-state index contributed by atoms with van der Waals surface area (Å²) in [6.07, 6.45) is 9.27. The maximum atomic E-state index is 9.06. The first-order chi connectivity index (χ1) is 13.7. The molecule has 5 heterocycles. The van der Waals surface area contributed by atoms with Gasteiger partial charge in [0.15, 0.2) is 5.65 Å². The molecular weight excluding hydrogens is 356 g/mol. The van der Waals surface area contributed by atoms with E-state index in [0.717, 1.165) is 16.6 Å². The van der Waals surface area contributed by atoms with Crippen molar-refractivity contribution >= 4 is 16.8 Å². The topological polar surface area (TPSA) is 99.0 Å². The zero-order chi connectivity index (χ0) is 19.1.